The Morgan fingerprint density at radius 1 is 1.53 bits per heavy atom. The summed E-state index contributed by atoms with van der Waals surface area (Å²) in [5.41, 5.74) is 6.31. The number of aliphatic imine (C=N–C) groups is 1. The highest BCUT2D eigenvalue weighted by atomic mass is 127. The molecule has 1 heterocycles. The average molecular weight is 350 g/mol. The van der Waals surface area contributed by atoms with E-state index < -0.39 is 0 Å². The first-order valence-electron chi connectivity index (χ1n) is 5.21. The fraction of sp³-hybridized carbons (Fsp3) is 0.455. The van der Waals surface area contributed by atoms with Gasteiger partial charge in [-0.25, -0.2) is 4.99 Å². The van der Waals surface area contributed by atoms with Crippen LogP contribution in [0.2, 0.25) is 0 Å². The van der Waals surface area contributed by atoms with Crippen molar-refractivity contribution in [3.8, 4) is 0 Å². The molecule has 1 aromatic heterocycles. The number of aromatic nitrogens is 1. The van der Waals surface area contributed by atoms with Crippen LogP contribution in [0.25, 0.3) is 0 Å². The Morgan fingerprint density at radius 3 is 2.71 bits per heavy atom. The number of pyridine rings is 1. The lowest BCUT2D eigenvalue weighted by Crippen LogP contribution is -2.30. The smallest absolute Gasteiger partial charge is 0.255 e. The molecule has 6 heteroatoms. The molecule has 0 saturated heterocycles. The third-order valence-corrected chi connectivity index (χ3v) is 2.31. The van der Waals surface area contributed by atoms with Gasteiger partial charge in [0, 0.05) is 32.4 Å². The Bertz CT molecular complexity index is 439. The van der Waals surface area contributed by atoms with Crippen molar-refractivity contribution in [2.75, 3.05) is 14.1 Å². The van der Waals surface area contributed by atoms with Gasteiger partial charge in [-0.1, -0.05) is 6.07 Å². The Balaban J connectivity index is 0.00000256. The molecule has 0 fully saturated rings. The molecule has 0 spiro atoms. The largest absolute Gasteiger partial charge is 0.370 e. The van der Waals surface area contributed by atoms with Gasteiger partial charge in [0.25, 0.3) is 5.56 Å². The number of hydrogen-bond acceptors (Lipinski definition) is 2. The van der Waals surface area contributed by atoms with Crippen LogP contribution in [0.15, 0.2) is 28.1 Å². The van der Waals surface area contributed by atoms with Crippen LogP contribution in [0.4, 0.5) is 0 Å². The van der Waals surface area contributed by atoms with E-state index in [-0.39, 0.29) is 29.5 Å². The second-order valence-electron chi connectivity index (χ2n) is 3.69. The summed E-state index contributed by atoms with van der Waals surface area (Å²) in [6, 6.07) is 3.63. The number of nitrogens with two attached hydrogens (primary N) is 1. The topological polar surface area (TPSA) is 63.6 Å². The maximum Gasteiger partial charge on any atom is 0.255 e. The van der Waals surface area contributed by atoms with Crippen LogP contribution in [-0.4, -0.2) is 29.5 Å². The van der Waals surface area contributed by atoms with E-state index in [1.807, 2.05) is 27.1 Å². The van der Waals surface area contributed by atoms with Crippen LogP contribution in [0.1, 0.15) is 12.5 Å². The maximum atomic E-state index is 11.8. The van der Waals surface area contributed by atoms with Crippen molar-refractivity contribution < 1.29 is 0 Å². The summed E-state index contributed by atoms with van der Waals surface area (Å²) in [6.07, 6.45) is 1.77. The van der Waals surface area contributed by atoms with E-state index in [0.29, 0.717) is 24.6 Å². The van der Waals surface area contributed by atoms with Gasteiger partial charge in [-0.2, -0.15) is 0 Å². The summed E-state index contributed by atoms with van der Waals surface area (Å²) in [5, 5.41) is 0. The van der Waals surface area contributed by atoms with Crippen molar-refractivity contribution in [3.05, 3.63) is 34.2 Å². The molecular formula is C11H19IN4O. The summed E-state index contributed by atoms with van der Waals surface area (Å²) in [7, 11) is 3.63. The van der Waals surface area contributed by atoms with Gasteiger partial charge in [0.1, 0.15) is 0 Å². The number of halogens is 1. The molecule has 0 atom stereocenters. The lowest BCUT2D eigenvalue weighted by Gasteiger charge is -2.10. The predicted molar refractivity (Wildman–Crippen MR) is 80.8 cm³/mol. The Hall–Kier alpha value is -1.05. The average Bonchev–Trinajstić information content (AvgIpc) is 2.27. The van der Waals surface area contributed by atoms with E-state index in [0.717, 1.165) is 0 Å². The lowest BCUT2D eigenvalue weighted by atomic mass is 10.3. The minimum absolute atomic E-state index is 0. The van der Waals surface area contributed by atoms with Crippen LogP contribution in [0.3, 0.4) is 0 Å². The van der Waals surface area contributed by atoms with Crippen molar-refractivity contribution in [2.24, 2.45) is 10.7 Å². The van der Waals surface area contributed by atoms with Crippen molar-refractivity contribution >= 4 is 29.9 Å². The van der Waals surface area contributed by atoms with Crippen LogP contribution in [0, 0.1) is 0 Å². The molecule has 0 radical (unpaired) electrons. The van der Waals surface area contributed by atoms with Gasteiger partial charge in [-0.3, -0.25) is 4.79 Å². The second-order valence-corrected chi connectivity index (χ2v) is 3.69. The highest BCUT2D eigenvalue weighted by molar-refractivity contribution is 14.0. The molecule has 17 heavy (non-hydrogen) atoms. The van der Waals surface area contributed by atoms with Gasteiger partial charge in [0.15, 0.2) is 5.96 Å². The van der Waals surface area contributed by atoms with Crippen LogP contribution in [-0.2, 0) is 13.1 Å². The Labute approximate surface area is 118 Å². The standard InChI is InChI=1S/C11H18N4O.HI/c1-4-15-7-5-6-9(10(15)16)8-13-11(12)14(2)3;/h5-7H,4,8H2,1-3H3,(H2,12,13);1H. The number of nitrogens with zero attached hydrogens (tertiary/aromatic N) is 3. The zero-order valence-corrected chi connectivity index (χ0v) is 12.7. The van der Waals surface area contributed by atoms with Crippen molar-refractivity contribution in [2.45, 2.75) is 20.0 Å². The van der Waals surface area contributed by atoms with Gasteiger partial charge in [0.2, 0.25) is 0 Å². The molecule has 2 N–H and O–H groups in total. The third-order valence-electron chi connectivity index (χ3n) is 2.31. The number of aryl methyl sites for hydroxylation is 1. The first-order chi connectivity index (χ1) is 7.56. The van der Waals surface area contributed by atoms with Crippen molar-refractivity contribution in [1.29, 1.82) is 0 Å². The number of rotatable bonds is 3. The first kappa shape index (κ1) is 16.0. The molecule has 0 aliphatic carbocycles. The van der Waals surface area contributed by atoms with Crippen LogP contribution in [0.5, 0.6) is 0 Å². The van der Waals surface area contributed by atoms with Gasteiger partial charge >= 0.3 is 0 Å². The number of guanidine groups is 1. The lowest BCUT2D eigenvalue weighted by molar-refractivity contribution is 0.608. The van der Waals surface area contributed by atoms with E-state index in [1.54, 1.807) is 21.7 Å². The van der Waals surface area contributed by atoms with Gasteiger partial charge in [-0.05, 0) is 13.0 Å². The van der Waals surface area contributed by atoms with E-state index in [9.17, 15) is 4.79 Å². The normalized spacial score (nSPS) is 10.9. The molecule has 0 aliphatic heterocycles. The molecule has 0 amide bonds. The minimum Gasteiger partial charge on any atom is -0.370 e. The highest BCUT2D eigenvalue weighted by Gasteiger charge is 2.01. The molecule has 5 nitrogen and oxygen atoms in total. The molecular weight excluding hydrogens is 331 g/mol. The summed E-state index contributed by atoms with van der Waals surface area (Å²) in [4.78, 5) is 17.7. The fourth-order valence-corrected chi connectivity index (χ4v) is 1.26. The van der Waals surface area contributed by atoms with Gasteiger partial charge in [-0.15, -0.1) is 24.0 Å². The molecule has 0 aliphatic rings. The summed E-state index contributed by atoms with van der Waals surface area (Å²) < 4.78 is 1.65. The van der Waals surface area contributed by atoms with Crippen molar-refractivity contribution in [3.63, 3.8) is 0 Å². The SMILES string of the molecule is CCn1cccc(CN=C(N)N(C)C)c1=O.I. The van der Waals surface area contributed by atoms with Crippen molar-refractivity contribution in [1.82, 2.24) is 9.47 Å². The zero-order valence-electron chi connectivity index (χ0n) is 10.4. The second kappa shape index (κ2) is 7.31. The van der Waals surface area contributed by atoms with Crippen LogP contribution >= 0.6 is 24.0 Å². The van der Waals surface area contributed by atoms with E-state index in [1.165, 1.54) is 0 Å². The van der Waals surface area contributed by atoms with Crippen LogP contribution < -0.4 is 11.3 Å². The van der Waals surface area contributed by atoms with Gasteiger partial charge < -0.3 is 15.2 Å². The molecule has 0 saturated carbocycles. The quantitative estimate of drug-likeness (QED) is 0.500. The molecule has 1 rings (SSSR count). The molecule has 1 aromatic rings. The maximum absolute atomic E-state index is 11.8. The predicted octanol–water partition coefficient (Wildman–Crippen LogP) is 0.863. The summed E-state index contributed by atoms with van der Waals surface area (Å²) >= 11 is 0. The monoisotopic (exact) mass is 350 g/mol. The third kappa shape index (κ3) is 4.37. The minimum atomic E-state index is 0. The highest BCUT2D eigenvalue weighted by Crippen LogP contribution is 1.95. The van der Waals surface area contributed by atoms with E-state index in [2.05, 4.69) is 4.99 Å². The molecule has 0 bridgehead atoms. The van der Waals surface area contributed by atoms with Gasteiger partial charge in [0.05, 0.1) is 6.54 Å². The first-order valence-corrected chi connectivity index (χ1v) is 5.21. The van der Waals surface area contributed by atoms with E-state index >= 15 is 0 Å². The molecule has 0 aromatic carbocycles. The zero-order chi connectivity index (χ0) is 12.1. The Morgan fingerprint density at radius 2 is 2.18 bits per heavy atom. The molecule has 0 unspecified atom stereocenters. The molecule has 96 valence electrons. The Kier molecular flexibility index (Phi) is 6.86. The summed E-state index contributed by atoms with van der Waals surface area (Å²) in [5.74, 6) is 0.423. The van der Waals surface area contributed by atoms with E-state index in [4.69, 9.17) is 5.73 Å². The summed E-state index contributed by atoms with van der Waals surface area (Å²) in [6.45, 7) is 2.92. The fourth-order valence-electron chi connectivity index (χ4n) is 1.26. The number of hydrogen-bond donors (Lipinski definition) is 1.